The number of esters is 3. The zero-order valence-corrected chi connectivity index (χ0v) is 24.8. The van der Waals surface area contributed by atoms with Crippen LogP contribution in [0.1, 0.15) is 73.6 Å². The van der Waals surface area contributed by atoms with Gasteiger partial charge in [0, 0.05) is 30.9 Å². The highest BCUT2D eigenvalue weighted by atomic mass is 16.6. The Morgan fingerprint density at radius 3 is 2.56 bits per heavy atom. The highest BCUT2D eigenvalue weighted by Gasteiger charge is 2.81. The number of cyclic esters (lactones) is 2. The fraction of sp³-hybridized carbons (Fsp3) is 0.719. The molecule has 2 N–H and O–H groups in total. The number of fused-ring (bicyclic) bond motifs is 4. The van der Waals surface area contributed by atoms with Crippen molar-refractivity contribution in [1.82, 2.24) is 0 Å². The first-order chi connectivity index (χ1) is 19.0. The lowest BCUT2D eigenvalue weighted by Gasteiger charge is -2.52. The standard InChI is InChI=1S/C32H42O9/c1-16-8-9-21(39-26(16)35)18(3)30(36)13-12-29(7)20(17(30)2)15-31(37)23(29)14-22(38-19(4)33)25-28(5,6)40-24(34)10-11-32(25)27(31)41-32/h8,10-11,18,20-23,25,27,36-37H,2,9,12-15H2,1,3-7H3/t18-,20+,21-,22-,23+,25+,27-,29-,30+,31-,32+/m1/s1. The molecule has 1 spiro atoms. The van der Waals surface area contributed by atoms with Crippen LogP contribution in [0.15, 0.2) is 36.0 Å². The number of epoxide rings is 1. The molecule has 0 bridgehead atoms. The zero-order chi connectivity index (χ0) is 29.9. The van der Waals surface area contributed by atoms with Crippen molar-refractivity contribution in [2.24, 2.45) is 29.1 Å². The minimum Gasteiger partial charge on any atom is -0.462 e. The van der Waals surface area contributed by atoms with E-state index in [1.165, 1.54) is 13.0 Å². The van der Waals surface area contributed by atoms with E-state index in [4.69, 9.17) is 18.9 Å². The summed E-state index contributed by atoms with van der Waals surface area (Å²) in [5.41, 5.74) is -3.97. The molecule has 0 amide bonds. The van der Waals surface area contributed by atoms with E-state index < -0.39 is 69.9 Å². The number of carbonyl (C=O) groups is 3. The van der Waals surface area contributed by atoms with Crippen molar-refractivity contribution in [1.29, 1.82) is 0 Å². The molecule has 3 aliphatic heterocycles. The first-order valence-electron chi connectivity index (χ1n) is 14.8. The van der Waals surface area contributed by atoms with Gasteiger partial charge in [-0.25, -0.2) is 9.59 Å². The molecule has 1 saturated heterocycles. The lowest BCUT2D eigenvalue weighted by Crippen LogP contribution is -2.54. The Bertz CT molecular complexity index is 1280. The smallest absolute Gasteiger partial charge is 0.333 e. The summed E-state index contributed by atoms with van der Waals surface area (Å²) in [6.45, 7) is 15.1. The number of hydrogen-bond acceptors (Lipinski definition) is 9. The summed E-state index contributed by atoms with van der Waals surface area (Å²) in [5.74, 6) is -2.85. The molecule has 0 aromatic carbocycles. The summed E-state index contributed by atoms with van der Waals surface area (Å²) >= 11 is 0. The van der Waals surface area contributed by atoms with Gasteiger partial charge in [-0.15, -0.1) is 0 Å². The Labute approximate surface area is 240 Å². The third-order valence-corrected chi connectivity index (χ3v) is 11.7. The molecular weight excluding hydrogens is 528 g/mol. The van der Waals surface area contributed by atoms with Crippen molar-refractivity contribution < 1.29 is 43.5 Å². The Balaban J connectivity index is 1.37. The lowest BCUT2D eigenvalue weighted by molar-refractivity contribution is -0.174. The number of aliphatic hydroxyl groups is 2. The van der Waals surface area contributed by atoms with Crippen molar-refractivity contribution in [3.05, 3.63) is 36.0 Å². The second-order valence-corrected chi connectivity index (χ2v) is 14.2. The van der Waals surface area contributed by atoms with Gasteiger partial charge in [0.25, 0.3) is 0 Å². The molecular formula is C32H42O9. The zero-order valence-electron chi connectivity index (χ0n) is 24.8. The minimum atomic E-state index is -1.32. The van der Waals surface area contributed by atoms with Gasteiger partial charge in [0.05, 0.1) is 17.1 Å². The summed E-state index contributed by atoms with van der Waals surface area (Å²) < 4.78 is 23.9. The maximum absolute atomic E-state index is 12.6. The predicted octanol–water partition coefficient (Wildman–Crippen LogP) is 3.32. The van der Waals surface area contributed by atoms with Gasteiger partial charge in [-0.3, -0.25) is 4.79 Å². The molecule has 11 atom stereocenters. The van der Waals surface area contributed by atoms with Crippen LogP contribution in [-0.2, 0) is 33.3 Å². The molecule has 0 radical (unpaired) electrons. The van der Waals surface area contributed by atoms with E-state index in [1.54, 1.807) is 26.8 Å². The fourth-order valence-corrected chi connectivity index (χ4v) is 9.52. The van der Waals surface area contributed by atoms with Gasteiger partial charge in [0.1, 0.15) is 29.5 Å². The Morgan fingerprint density at radius 1 is 1.20 bits per heavy atom. The van der Waals surface area contributed by atoms with Gasteiger partial charge in [0.15, 0.2) is 0 Å². The van der Waals surface area contributed by atoms with E-state index >= 15 is 0 Å². The van der Waals surface area contributed by atoms with E-state index in [-0.39, 0.29) is 17.8 Å². The predicted molar refractivity (Wildman–Crippen MR) is 146 cm³/mol. The van der Waals surface area contributed by atoms with Crippen LogP contribution in [0.25, 0.3) is 0 Å². The van der Waals surface area contributed by atoms with Crippen LogP contribution in [0.5, 0.6) is 0 Å². The summed E-state index contributed by atoms with van der Waals surface area (Å²) in [6, 6.07) is 0. The van der Waals surface area contributed by atoms with Crippen molar-refractivity contribution in [2.45, 2.75) is 114 Å². The second kappa shape index (κ2) is 8.77. The number of carbonyl (C=O) groups excluding carboxylic acids is 3. The minimum absolute atomic E-state index is 0.258. The van der Waals surface area contributed by atoms with Gasteiger partial charge in [-0.1, -0.05) is 26.5 Å². The Kier molecular flexibility index (Phi) is 6.12. The van der Waals surface area contributed by atoms with Crippen LogP contribution < -0.4 is 0 Å². The number of ether oxygens (including phenoxy) is 4. The van der Waals surface area contributed by atoms with E-state index in [0.717, 1.165) is 0 Å². The highest BCUT2D eigenvalue weighted by Crippen LogP contribution is 2.72. The summed E-state index contributed by atoms with van der Waals surface area (Å²) in [6.07, 6.45) is 5.25. The average molecular weight is 571 g/mol. The fourth-order valence-electron chi connectivity index (χ4n) is 9.52. The highest BCUT2D eigenvalue weighted by molar-refractivity contribution is 5.88. The van der Waals surface area contributed by atoms with Crippen LogP contribution in [0.2, 0.25) is 0 Å². The molecule has 41 heavy (non-hydrogen) atoms. The van der Waals surface area contributed by atoms with Gasteiger partial charge in [-0.2, -0.15) is 0 Å². The largest absolute Gasteiger partial charge is 0.462 e. The van der Waals surface area contributed by atoms with E-state index in [2.05, 4.69) is 13.5 Å². The van der Waals surface area contributed by atoms with Gasteiger partial charge in [-0.05, 0) is 75.4 Å². The molecule has 6 aliphatic rings. The first kappa shape index (κ1) is 28.6. The molecule has 9 nitrogen and oxygen atoms in total. The molecule has 0 aromatic heterocycles. The molecule has 0 unspecified atom stereocenters. The normalized spacial score (nSPS) is 48.6. The van der Waals surface area contributed by atoms with E-state index in [1.807, 2.05) is 13.0 Å². The maximum Gasteiger partial charge on any atom is 0.333 e. The lowest BCUT2D eigenvalue weighted by atomic mass is 9.55. The summed E-state index contributed by atoms with van der Waals surface area (Å²) in [4.78, 5) is 37.2. The molecule has 3 aliphatic carbocycles. The molecule has 3 saturated carbocycles. The van der Waals surface area contributed by atoms with E-state index in [0.29, 0.717) is 43.3 Å². The molecule has 0 aromatic rings. The van der Waals surface area contributed by atoms with E-state index in [9.17, 15) is 24.6 Å². The van der Waals surface area contributed by atoms with Crippen LogP contribution >= 0.6 is 0 Å². The van der Waals surface area contributed by atoms with Crippen molar-refractivity contribution in [3.63, 3.8) is 0 Å². The van der Waals surface area contributed by atoms with Crippen molar-refractivity contribution in [3.8, 4) is 0 Å². The van der Waals surface area contributed by atoms with Crippen LogP contribution in [0.4, 0.5) is 0 Å². The van der Waals surface area contributed by atoms with Crippen LogP contribution in [0, 0.1) is 29.1 Å². The quantitative estimate of drug-likeness (QED) is 0.227. The topological polar surface area (TPSA) is 132 Å². The summed E-state index contributed by atoms with van der Waals surface area (Å²) in [7, 11) is 0. The van der Waals surface area contributed by atoms with Gasteiger partial charge < -0.3 is 29.2 Å². The summed E-state index contributed by atoms with van der Waals surface area (Å²) in [5, 5.41) is 24.8. The van der Waals surface area contributed by atoms with Crippen molar-refractivity contribution in [2.75, 3.05) is 0 Å². The molecule has 224 valence electrons. The molecule has 6 rings (SSSR count). The number of rotatable bonds is 3. The number of hydrogen-bond donors (Lipinski definition) is 2. The van der Waals surface area contributed by atoms with Gasteiger partial charge >= 0.3 is 17.9 Å². The van der Waals surface area contributed by atoms with Crippen LogP contribution in [0.3, 0.4) is 0 Å². The third-order valence-electron chi connectivity index (χ3n) is 11.7. The second-order valence-electron chi connectivity index (χ2n) is 14.2. The molecule has 4 fully saturated rings. The first-order valence-corrected chi connectivity index (χ1v) is 14.8. The van der Waals surface area contributed by atoms with Gasteiger partial charge in [0.2, 0.25) is 0 Å². The Morgan fingerprint density at radius 2 is 1.90 bits per heavy atom. The average Bonchev–Trinajstić information content (AvgIpc) is 3.59. The third kappa shape index (κ3) is 3.87. The SMILES string of the molecule is C=C1[C@@H]2C[C@]3(O)[C@H]4O[C@]45C=CC(=O)OC(C)(C)[C@@H]5[C@H](OC(C)=O)C[C@H]3[C@]2(C)CC[C@@]1(O)[C@H](C)[C@H]1CC=C(C)C(=O)O1. The molecule has 9 heteroatoms. The monoisotopic (exact) mass is 570 g/mol. The Hall–Kier alpha value is -2.49. The van der Waals surface area contributed by atoms with Crippen molar-refractivity contribution >= 4 is 17.9 Å². The maximum atomic E-state index is 12.6. The molecule has 3 heterocycles. The van der Waals surface area contributed by atoms with Crippen LogP contribution in [-0.4, -0.2) is 68.8 Å².